The minimum Gasteiger partial charge on any atom is -0.548 e. The number of hydrogen-bond donors (Lipinski definition) is 1. The van der Waals surface area contributed by atoms with Gasteiger partial charge in [0.2, 0.25) is 0 Å². The summed E-state index contributed by atoms with van der Waals surface area (Å²) in [5.74, 6) is -0.562. The number of carboxylic acids is 1. The molecule has 42 heavy (non-hydrogen) atoms. The van der Waals surface area contributed by atoms with E-state index in [1.807, 2.05) is 70.3 Å². The number of thioether (sulfide) groups is 1. The van der Waals surface area contributed by atoms with Crippen LogP contribution >= 0.6 is 11.8 Å². The van der Waals surface area contributed by atoms with Gasteiger partial charge in [-0.25, -0.2) is 4.79 Å². The van der Waals surface area contributed by atoms with Crippen LogP contribution in [0, 0.1) is 12.8 Å². The van der Waals surface area contributed by atoms with E-state index in [4.69, 9.17) is 4.74 Å². The summed E-state index contributed by atoms with van der Waals surface area (Å²) in [6, 6.07) is 12.2. The van der Waals surface area contributed by atoms with Crippen molar-refractivity contribution in [2.45, 2.75) is 90.8 Å². The van der Waals surface area contributed by atoms with Crippen LogP contribution in [0.25, 0.3) is 11.1 Å². The molecule has 9 heteroatoms. The van der Waals surface area contributed by atoms with Crippen LogP contribution in [0.1, 0.15) is 87.2 Å². The molecule has 1 fully saturated rings. The van der Waals surface area contributed by atoms with Crippen LogP contribution in [0.15, 0.2) is 42.5 Å². The van der Waals surface area contributed by atoms with Crippen LogP contribution in [0.2, 0.25) is 0 Å². The van der Waals surface area contributed by atoms with E-state index in [9.17, 15) is 19.5 Å². The zero-order valence-corrected chi connectivity index (χ0v) is 27.0. The van der Waals surface area contributed by atoms with Gasteiger partial charge in [-0.3, -0.25) is 4.79 Å². The van der Waals surface area contributed by atoms with Crippen LogP contribution < -0.4 is 29.3 Å². The van der Waals surface area contributed by atoms with Crippen LogP contribution in [-0.2, 0) is 16.1 Å². The Morgan fingerprint density at radius 2 is 1.76 bits per heavy atom. The second-order valence-corrected chi connectivity index (χ2v) is 13.0. The summed E-state index contributed by atoms with van der Waals surface area (Å²) in [5, 5.41) is 14.4. The Hall–Kier alpha value is -2.40. The van der Waals surface area contributed by atoms with Gasteiger partial charge in [-0.05, 0) is 92.8 Å². The third-order valence-corrected chi connectivity index (χ3v) is 8.17. The van der Waals surface area contributed by atoms with E-state index < -0.39 is 23.5 Å². The van der Waals surface area contributed by atoms with Crippen LogP contribution in [0.5, 0.6) is 0 Å². The summed E-state index contributed by atoms with van der Waals surface area (Å²) < 4.78 is 5.77. The van der Waals surface area contributed by atoms with Crippen LogP contribution in [0.4, 0.5) is 4.79 Å². The molecule has 0 heterocycles. The van der Waals surface area contributed by atoms with Gasteiger partial charge >= 0.3 is 25.0 Å². The molecule has 0 aliphatic heterocycles. The van der Waals surface area contributed by atoms with E-state index >= 15 is 0 Å². The molecule has 0 bridgehead atoms. The molecule has 2 aromatic rings. The van der Waals surface area contributed by atoms with E-state index in [-0.39, 0.29) is 31.4 Å². The SMILES string of the molecule is CSCC[C@H](NC(=O)c1ccc(CN(CCC2CCCCC2)C(=O)OC(C)(C)C)cc1-c1ccccc1C)C(=O)[O-].[Li+]. The maximum Gasteiger partial charge on any atom is 1.00 e. The van der Waals surface area contributed by atoms with Crippen molar-refractivity contribution in [2.24, 2.45) is 5.92 Å². The molecular formula is C33H45LiN2O5S. The van der Waals surface area contributed by atoms with Gasteiger partial charge in [-0.15, -0.1) is 0 Å². The molecule has 224 valence electrons. The number of carbonyl (C=O) groups is 3. The Morgan fingerprint density at radius 3 is 2.38 bits per heavy atom. The second kappa shape index (κ2) is 17.0. The molecule has 0 saturated heterocycles. The first-order valence-corrected chi connectivity index (χ1v) is 16.1. The number of benzene rings is 2. The van der Waals surface area contributed by atoms with Crippen molar-refractivity contribution in [1.82, 2.24) is 10.2 Å². The van der Waals surface area contributed by atoms with E-state index in [2.05, 4.69) is 5.32 Å². The molecule has 2 aromatic carbocycles. The fourth-order valence-corrected chi connectivity index (χ4v) is 5.77. The predicted octanol–water partition coefficient (Wildman–Crippen LogP) is 2.97. The zero-order valence-electron chi connectivity index (χ0n) is 26.2. The Balaban J connectivity index is 0.00000616. The Morgan fingerprint density at radius 1 is 1.07 bits per heavy atom. The molecule has 0 spiro atoms. The van der Waals surface area contributed by atoms with Gasteiger partial charge in [0.15, 0.2) is 0 Å². The van der Waals surface area contributed by atoms with Gasteiger partial charge in [0.05, 0.1) is 12.0 Å². The number of aliphatic carboxylic acids is 1. The van der Waals surface area contributed by atoms with Crippen molar-refractivity contribution in [3.05, 3.63) is 59.2 Å². The second-order valence-electron chi connectivity index (χ2n) is 12.0. The largest absolute Gasteiger partial charge is 1.00 e. The molecule has 3 rings (SSSR count). The topological polar surface area (TPSA) is 98.8 Å². The number of nitrogens with one attached hydrogen (secondary N) is 1. The first kappa shape index (κ1) is 35.8. The van der Waals surface area contributed by atoms with E-state index in [0.717, 1.165) is 23.1 Å². The van der Waals surface area contributed by atoms with E-state index in [0.29, 0.717) is 35.9 Å². The summed E-state index contributed by atoms with van der Waals surface area (Å²) in [7, 11) is 0. The third-order valence-electron chi connectivity index (χ3n) is 7.52. The molecule has 0 aromatic heterocycles. The average molecular weight is 589 g/mol. The number of hydrogen-bond acceptors (Lipinski definition) is 6. The fourth-order valence-electron chi connectivity index (χ4n) is 5.30. The number of carbonyl (C=O) groups excluding carboxylic acids is 3. The first-order valence-electron chi connectivity index (χ1n) is 14.7. The third kappa shape index (κ3) is 11.0. The molecule has 2 amide bonds. The van der Waals surface area contributed by atoms with E-state index in [1.165, 1.54) is 43.9 Å². The fraction of sp³-hybridized carbons (Fsp3) is 0.545. The van der Waals surface area contributed by atoms with Crippen molar-refractivity contribution in [3.63, 3.8) is 0 Å². The zero-order chi connectivity index (χ0) is 30.0. The van der Waals surface area contributed by atoms with Gasteiger partial charge < -0.3 is 24.9 Å². The summed E-state index contributed by atoms with van der Waals surface area (Å²) >= 11 is 1.51. The molecule has 1 saturated carbocycles. The molecule has 1 atom stereocenters. The van der Waals surface area contributed by atoms with Crippen molar-refractivity contribution in [3.8, 4) is 11.1 Å². The number of aryl methyl sites for hydroxylation is 1. The van der Waals surface area contributed by atoms with E-state index in [1.54, 1.807) is 11.0 Å². The predicted molar refractivity (Wildman–Crippen MR) is 164 cm³/mol. The van der Waals surface area contributed by atoms with Gasteiger partial charge in [-0.1, -0.05) is 62.4 Å². The van der Waals surface area contributed by atoms with Gasteiger partial charge in [-0.2, -0.15) is 11.8 Å². The Kier molecular flexibility index (Phi) is 14.5. The van der Waals surface area contributed by atoms with Crippen molar-refractivity contribution in [2.75, 3.05) is 18.6 Å². The number of carboxylic acid groups (broad SMARTS) is 1. The monoisotopic (exact) mass is 588 g/mol. The van der Waals surface area contributed by atoms with Gasteiger partial charge in [0.1, 0.15) is 5.60 Å². The van der Waals surface area contributed by atoms with Gasteiger partial charge in [0, 0.05) is 18.7 Å². The number of ether oxygens (including phenoxy) is 1. The quantitative estimate of drug-likeness (QED) is 0.383. The number of amides is 2. The molecule has 0 unspecified atom stereocenters. The molecule has 1 aliphatic rings. The van der Waals surface area contributed by atoms with Gasteiger partial charge in [0.25, 0.3) is 5.91 Å². The van der Waals surface area contributed by atoms with Crippen molar-refractivity contribution >= 4 is 29.7 Å². The standard InChI is InChI=1S/C33H46N2O5S.Li/c1-23-11-9-10-14-26(23)28-21-25(15-16-27(28)30(36)34-29(31(37)38)18-20-41-5)22-35(32(39)40-33(2,3)4)19-17-24-12-7-6-8-13-24;/h9-11,14-16,21,24,29H,6-8,12-13,17-20,22H2,1-5H3,(H,34,36)(H,37,38);/q;+1/p-1/t29-;/m0./s1. The normalized spacial score (nSPS) is 14.4. The number of nitrogens with zero attached hydrogens (tertiary/aromatic N) is 1. The van der Waals surface area contributed by atoms with Crippen LogP contribution in [0.3, 0.4) is 0 Å². The minimum atomic E-state index is -1.30. The van der Waals surface area contributed by atoms with Crippen molar-refractivity contribution < 1.29 is 43.1 Å². The van der Waals surface area contributed by atoms with Crippen molar-refractivity contribution in [1.29, 1.82) is 0 Å². The average Bonchev–Trinajstić information content (AvgIpc) is 2.92. The van der Waals surface area contributed by atoms with Crippen LogP contribution in [-0.4, -0.2) is 53.1 Å². The molecular weight excluding hydrogens is 543 g/mol. The Bertz CT molecular complexity index is 1190. The maximum absolute atomic E-state index is 13.4. The molecule has 0 radical (unpaired) electrons. The summed E-state index contributed by atoms with van der Waals surface area (Å²) in [4.78, 5) is 40.2. The summed E-state index contributed by atoms with van der Waals surface area (Å²) in [6.45, 7) is 8.53. The molecule has 1 N–H and O–H groups in total. The summed E-state index contributed by atoms with van der Waals surface area (Å²) in [5.41, 5.74) is 3.19. The maximum atomic E-state index is 13.4. The minimum absolute atomic E-state index is 0. The summed E-state index contributed by atoms with van der Waals surface area (Å²) in [6.07, 6.45) is 8.93. The Labute approximate surface area is 267 Å². The molecule has 7 nitrogen and oxygen atoms in total. The number of rotatable bonds is 12. The molecule has 1 aliphatic carbocycles. The first-order chi connectivity index (χ1) is 19.5. The smallest absolute Gasteiger partial charge is 0.548 e.